The molecule has 1 fully saturated rings. The van der Waals surface area contributed by atoms with Crippen LogP contribution in [-0.4, -0.2) is 24.0 Å². The molecule has 0 spiro atoms. The topological polar surface area (TPSA) is 74.0 Å². The molecule has 1 aromatic rings. The van der Waals surface area contributed by atoms with Gasteiger partial charge in [0.05, 0.1) is 11.5 Å². The van der Waals surface area contributed by atoms with Crippen LogP contribution in [0.5, 0.6) is 0 Å². The minimum absolute atomic E-state index is 0. The summed E-state index contributed by atoms with van der Waals surface area (Å²) in [6.45, 7) is 1.14. The monoisotopic (exact) mass is 311 g/mol. The highest BCUT2D eigenvalue weighted by atomic mass is 35.5. The SMILES string of the molecule is Cl.O=C(Nc1cc(C(F)(F)F)c[nH]c1=O)C1CCNC1. The minimum Gasteiger partial charge on any atom is -0.327 e. The Morgan fingerprint density at radius 1 is 1.40 bits per heavy atom. The summed E-state index contributed by atoms with van der Waals surface area (Å²) < 4.78 is 37.5. The van der Waals surface area contributed by atoms with Gasteiger partial charge in [-0.1, -0.05) is 0 Å². The fourth-order valence-electron chi connectivity index (χ4n) is 1.85. The van der Waals surface area contributed by atoms with Crippen LogP contribution in [0.3, 0.4) is 0 Å². The van der Waals surface area contributed by atoms with Crippen LogP contribution in [0.25, 0.3) is 0 Å². The number of aromatic nitrogens is 1. The van der Waals surface area contributed by atoms with Gasteiger partial charge in [-0.25, -0.2) is 0 Å². The average molecular weight is 312 g/mol. The van der Waals surface area contributed by atoms with Crippen LogP contribution in [-0.2, 0) is 11.0 Å². The van der Waals surface area contributed by atoms with Crippen LogP contribution in [0.15, 0.2) is 17.1 Å². The van der Waals surface area contributed by atoms with E-state index in [-0.39, 0.29) is 24.0 Å². The lowest BCUT2D eigenvalue weighted by Crippen LogP contribution is -2.28. The molecule has 0 bridgehead atoms. The van der Waals surface area contributed by atoms with Gasteiger partial charge in [-0.3, -0.25) is 9.59 Å². The van der Waals surface area contributed by atoms with E-state index in [1.807, 2.05) is 4.98 Å². The number of amides is 1. The average Bonchev–Trinajstić information content (AvgIpc) is 2.84. The van der Waals surface area contributed by atoms with Crippen molar-refractivity contribution >= 4 is 24.0 Å². The van der Waals surface area contributed by atoms with Crippen LogP contribution >= 0.6 is 12.4 Å². The Bertz CT molecular complexity index is 538. The Morgan fingerprint density at radius 2 is 2.10 bits per heavy atom. The number of hydrogen-bond donors (Lipinski definition) is 3. The zero-order valence-corrected chi connectivity index (χ0v) is 11.0. The molecule has 5 nitrogen and oxygen atoms in total. The fraction of sp³-hybridized carbons (Fsp3) is 0.455. The second-order valence-electron chi connectivity index (χ2n) is 4.31. The first-order valence-corrected chi connectivity index (χ1v) is 5.69. The molecule has 1 saturated heterocycles. The van der Waals surface area contributed by atoms with Crippen LogP contribution in [0.1, 0.15) is 12.0 Å². The van der Waals surface area contributed by atoms with E-state index < -0.39 is 23.2 Å². The third kappa shape index (κ3) is 3.73. The van der Waals surface area contributed by atoms with Crippen molar-refractivity contribution in [2.45, 2.75) is 12.6 Å². The summed E-state index contributed by atoms with van der Waals surface area (Å²) in [5.41, 5.74) is -2.15. The smallest absolute Gasteiger partial charge is 0.327 e. The van der Waals surface area contributed by atoms with E-state index >= 15 is 0 Å². The van der Waals surface area contributed by atoms with Gasteiger partial charge in [0.2, 0.25) is 5.91 Å². The fourth-order valence-corrected chi connectivity index (χ4v) is 1.85. The molecular weight excluding hydrogens is 299 g/mol. The molecule has 0 radical (unpaired) electrons. The second kappa shape index (κ2) is 6.27. The first kappa shape index (κ1) is 16.5. The summed E-state index contributed by atoms with van der Waals surface area (Å²) in [4.78, 5) is 25.1. The van der Waals surface area contributed by atoms with Gasteiger partial charge in [0.1, 0.15) is 5.69 Å². The summed E-state index contributed by atoms with van der Waals surface area (Å²) in [5.74, 6) is -0.774. The van der Waals surface area contributed by atoms with E-state index in [0.717, 1.165) is 0 Å². The van der Waals surface area contributed by atoms with Crippen molar-refractivity contribution in [2.24, 2.45) is 5.92 Å². The number of H-pyrrole nitrogens is 1. The highest BCUT2D eigenvalue weighted by molar-refractivity contribution is 5.92. The number of anilines is 1. The van der Waals surface area contributed by atoms with E-state index in [2.05, 4.69) is 10.6 Å². The van der Waals surface area contributed by atoms with Gasteiger partial charge in [-0.05, 0) is 19.0 Å². The lowest BCUT2D eigenvalue weighted by molar-refractivity contribution is -0.137. The number of pyridine rings is 1. The van der Waals surface area contributed by atoms with E-state index in [4.69, 9.17) is 0 Å². The molecule has 2 rings (SSSR count). The summed E-state index contributed by atoms with van der Waals surface area (Å²) >= 11 is 0. The molecule has 1 amide bonds. The molecule has 3 N–H and O–H groups in total. The molecule has 20 heavy (non-hydrogen) atoms. The molecule has 1 atom stereocenters. The molecule has 0 aliphatic carbocycles. The van der Waals surface area contributed by atoms with Crippen LogP contribution in [0, 0.1) is 5.92 Å². The van der Waals surface area contributed by atoms with Crippen molar-refractivity contribution in [3.05, 3.63) is 28.2 Å². The van der Waals surface area contributed by atoms with Crippen molar-refractivity contribution in [3.8, 4) is 0 Å². The number of nitrogens with one attached hydrogen (secondary N) is 3. The van der Waals surface area contributed by atoms with Gasteiger partial charge >= 0.3 is 6.18 Å². The number of alkyl halides is 3. The summed E-state index contributed by atoms with van der Waals surface area (Å²) in [6, 6.07) is 0.638. The van der Waals surface area contributed by atoms with E-state index in [9.17, 15) is 22.8 Å². The summed E-state index contributed by atoms with van der Waals surface area (Å²) in [6.07, 6.45) is -3.39. The highest BCUT2D eigenvalue weighted by Crippen LogP contribution is 2.29. The Morgan fingerprint density at radius 3 is 2.65 bits per heavy atom. The molecule has 2 heterocycles. The Hall–Kier alpha value is -1.54. The van der Waals surface area contributed by atoms with E-state index in [1.165, 1.54) is 0 Å². The summed E-state index contributed by atoms with van der Waals surface area (Å²) in [7, 11) is 0. The van der Waals surface area contributed by atoms with Crippen molar-refractivity contribution < 1.29 is 18.0 Å². The highest BCUT2D eigenvalue weighted by Gasteiger charge is 2.32. The minimum atomic E-state index is -4.57. The third-order valence-electron chi connectivity index (χ3n) is 2.92. The van der Waals surface area contributed by atoms with Crippen LogP contribution in [0.2, 0.25) is 0 Å². The molecule has 0 aromatic carbocycles. The standard InChI is InChI=1S/C11H12F3N3O2.ClH/c12-11(13,14)7-3-8(10(19)16-5-7)17-9(18)6-1-2-15-4-6;/h3,5-6,15H,1-2,4H2,(H,16,19)(H,17,18);1H. The lowest BCUT2D eigenvalue weighted by Gasteiger charge is -2.11. The van der Waals surface area contributed by atoms with Gasteiger partial charge in [0, 0.05) is 12.7 Å². The van der Waals surface area contributed by atoms with E-state index in [0.29, 0.717) is 31.8 Å². The predicted octanol–water partition coefficient (Wildman–Crippen LogP) is 1.36. The zero-order valence-electron chi connectivity index (χ0n) is 10.2. The molecule has 1 unspecified atom stereocenters. The van der Waals surface area contributed by atoms with Gasteiger partial charge in [0.25, 0.3) is 5.56 Å². The zero-order chi connectivity index (χ0) is 14.0. The maximum absolute atomic E-state index is 12.5. The quantitative estimate of drug-likeness (QED) is 0.772. The van der Waals surface area contributed by atoms with Crippen LogP contribution in [0.4, 0.5) is 18.9 Å². The molecule has 0 saturated carbocycles. The first-order valence-electron chi connectivity index (χ1n) is 5.69. The van der Waals surface area contributed by atoms with Gasteiger partial charge < -0.3 is 15.6 Å². The summed E-state index contributed by atoms with van der Waals surface area (Å²) in [5, 5.41) is 5.20. The lowest BCUT2D eigenvalue weighted by atomic mass is 10.1. The number of aromatic amines is 1. The molecule has 1 aliphatic heterocycles. The predicted molar refractivity (Wildman–Crippen MR) is 68.9 cm³/mol. The van der Waals surface area contributed by atoms with Crippen LogP contribution < -0.4 is 16.2 Å². The maximum Gasteiger partial charge on any atom is 0.417 e. The van der Waals surface area contributed by atoms with Crippen molar-refractivity contribution in [1.82, 2.24) is 10.3 Å². The Kier molecular flexibility index (Phi) is 5.18. The third-order valence-corrected chi connectivity index (χ3v) is 2.92. The number of rotatable bonds is 2. The largest absolute Gasteiger partial charge is 0.417 e. The van der Waals surface area contributed by atoms with Crippen molar-refractivity contribution in [1.29, 1.82) is 0 Å². The van der Waals surface area contributed by atoms with Gasteiger partial charge in [-0.15, -0.1) is 12.4 Å². The number of carbonyl (C=O) groups is 1. The molecule has 112 valence electrons. The number of carbonyl (C=O) groups excluding carboxylic acids is 1. The molecule has 1 aromatic heterocycles. The number of hydrogen-bond acceptors (Lipinski definition) is 3. The van der Waals surface area contributed by atoms with E-state index in [1.54, 1.807) is 0 Å². The van der Waals surface area contributed by atoms with Gasteiger partial charge in [0.15, 0.2) is 0 Å². The van der Waals surface area contributed by atoms with Crippen molar-refractivity contribution in [3.63, 3.8) is 0 Å². The Labute approximate surface area is 118 Å². The Balaban J connectivity index is 0.00000200. The first-order chi connectivity index (χ1) is 8.88. The molecule has 9 heteroatoms. The second-order valence-corrected chi connectivity index (χ2v) is 4.31. The molecular formula is C11H13ClF3N3O2. The van der Waals surface area contributed by atoms with Gasteiger partial charge in [-0.2, -0.15) is 13.2 Å². The maximum atomic E-state index is 12.5. The molecule has 1 aliphatic rings. The van der Waals surface area contributed by atoms with Crippen molar-refractivity contribution in [2.75, 3.05) is 18.4 Å². The normalized spacial score (nSPS) is 18.4. The number of halogens is 4.